The zero-order chi connectivity index (χ0) is 15.3. The third kappa shape index (κ3) is 3.86. The maximum absolute atomic E-state index is 12.0. The number of hydrogen-bond acceptors (Lipinski definition) is 4. The molecule has 0 fully saturated rings. The van der Waals surface area contributed by atoms with Crippen LogP contribution in [0, 0.1) is 5.92 Å². The standard InChI is InChI=1S/C13H16BrNO5/c1-7(13(17)18)6-15-12(16)8-4-9(19-2)11(14)10(5-8)20-3/h4-5,7H,6H2,1-3H3,(H,15,16)(H,17,18). The predicted octanol–water partition coefficient (Wildman–Crippen LogP) is 1.92. The van der Waals surface area contributed by atoms with E-state index in [2.05, 4.69) is 21.2 Å². The fourth-order valence-corrected chi connectivity index (χ4v) is 1.99. The van der Waals surface area contributed by atoms with Crippen molar-refractivity contribution in [1.29, 1.82) is 0 Å². The Kier molecular flexibility index (Phi) is 5.82. The lowest BCUT2D eigenvalue weighted by atomic mass is 10.1. The fraction of sp³-hybridized carbons (Fsp3) is 0.385. The number of aliphatic carboxylic acids is 1. The largest absolute Gasteiger partial charge is 0.495 e. The van der Waals surface area contributed by atoms with Gasteiger partial charge in [-0.1, -0.05) is 6.92 Å². The summed E-state index contributed by atoms with van der Waals surface area (Å²) >= 11 is 3.31. The summed E-state index contributed by atoms with van der Waals surface area (Å²) in [5, 5.41) is 11.3. The topological polar surface area (TPSA) is 84.9 Å². The molecule has 1 aromatic rings. The van der Waals surface area contributed by atoms with E-state index >= 15 is 0 Å². The lowest BCUT2D eigenvalue weighted by Gasteiger charge is -2.12. The molecule has 2 N–H and O–H groups in total. The molecule has 0 saturated heterocycles. The molecular weight excluding hydrogens is 330 g/mol. The molecule has 0 spiro atoms. The smallest absolute Gasteiger partial charge is 0.308 e. The molecule has 0 saturated carbocycles. The monoisotopic (exact) mass is 345 g/mol. The number of nitrogens with one attached hydrogen (secondary N) is 1. The third-order valence-electron chi connectivity index (χ3n) is 2.70. The maximum atomic E-state index is 12.0. The Morgan fingerprint density at radius 1 is 1.30 bits per heavy atom. The van der Waals surface area contributed by atoms with Crippen molar-refractivity contribution in [1.82, 2.24) is 5.32 Å². The lowest BCUT2D eigenvalue weighted by molar-refractivity contribution is -0.140. The molecule has 6 nitrogen and oxygen atoms in total. The van der Waals surface area contributed by atoms with Gasteiger partial charge in [0.15, 0.2) is 0 Å². The molecule has 0 aromatic heterocycles. The predicted molar refractivity (Wildman–Crippen MR) is 76.4 cm³/mol. The summed E-state index contributed by atoms with van der Waals surface area (Å²) in [7, 11) is 2.96. The minimum atomic E-state index is -0.962. The van der Waals surface area contributed by atoms with Crippen LogP contribution in [0.1, 0.15) is 17.3 Å². The Bertz CT molecular complexity index is 492. The van der Waals surface area contributed by atoms with E-state index in [1.54, 1.807) is 12.1 Å². The molecule has 0 aliphatic carbocycles. The zero-order valence-corrected chi connectivity index (χ0v) is 13.0. The van der Waals surface area contributed by atoms with Gasteiger partial charge in [-0.05, 0) is 28.1 Å². The van der Waals surface area contributed by atoms with Crippen LogP contribution in [0.5, 0.6) is 11.5 Å². The van der Waals surface area contributed by atoms with Crippen molar-refractivity contribution in [2.45, 2.75) is 6.92 Å². The van der Waals surface area contributed by atoms with Crippen molar-refractivity contribution in [3.05, 3.63) is 22.2 Å². The van der Waals surface area contributed by atoms with E-state index in [9.17, 15) is 9.59 Å². The molecular formula is C13H16BrNO5. The van der Waals surface area contributed by atoms with Gasteiger partial charge in [-0.2, -0.15) is 0 Å². The van der Waals surface area contributed by atoms with Crippen LogP contribution in [-0.4, -0.2) is 37.7 Å². The summed E-state index contributed by atoms with van der Waals surface area (Å²) in [6.45, 7) is 1.57. The van der Waals surface area contributed by atoms with E-state index in [0.29, 0.717) is 21.5 Å². The second-order valence-corrected chi connectivity index (χ2v) is 4.94. The summed E-state index contributed by atoms with van der Waals surface area (Å²) in [5.74, 6) is -1.08. The van der Waals surface area contributed by atoms with Crippen LogP contribution in [-0.2, 0) is 4.79 Å². The number of carboxylic acid groups (broad SMARTS) is 1. The summed E-state index contributed by atoms with van der Waals surface area (Å²) < 4.78 is 10.9. The van der Waals surface area contributed by atoms with Crippen molar-refractivity contribution in [3.63, 3.8) is 0 Å². The molecule has 110 valence electrons. The average molecular weight is 346 g/mol. The molecule has 7 heteroatoms. The fourth-order valence-electron chi connectivity index (χ4n) is 1.44. The van der Waals surface area contributed by atoms with Gasteiger partial charge in [0.25, 0.3) is 5.91 Å². The molecule has 1 rings (SSSR count). The van der Waals surface area contributed by atoms with Crippen LogP contribution >= 0.6 is 15.9 Å². The number of methoxy groups -OCH3 is 2. The normalized spacial score (nSPS) is 11.6. The summed E-state index contributed by atoms with van der Waals surface area (Å²) in [6.07, 6.45) is 0. The van der Waals surface area contributed by atoms with Gasteiger partial charge in [-0.25, -0.2) is 0 Å². The number of rotatable bonds is 6. The van der Waals surface area contributed by atoms with Crippen molar-refractivity contribution >= 4 is 27.8 Å². The van der Waals surface area contributed by atoms with E-state index in [0.717, 1.165) is 0 Å². The molecule has 0 heterocycles. The van der Waals surface area contributed by atoms with Crippen LogP contribution in [0.15, 0.2) is 16.6 Å². The number of hydrogen-bond donors (Lipinski definition) is 2. The SMILES string of the molecule is COc1cc(C(=O)NCC(C)C(=O)O)cc(OC)c1Br. The van der Waals surface area contributed by atoms with Gasteiger partial charge in [0.05, 0.1) is 20.1 Å². The molecule has 1 atom stereocenters. The average Bonchev–Trinajstić information content (AvgIpc) is 2.44. The molecule has 0 radical (unpaired) electrons. The van der Waals surface area contributed by atoms with Crippen LogP contribution in [0.3, 0.4) is 0 Å². The van der Waals surface area contributed by atoms with Gasteiger partial charge in [0.2, 0.25) is 0 Å². The first-order chi connectivity index (χ1) is 9.40. The van der Waals surface area contributed by atoms with Gasteiger partial charge in [-0.3, -0.25) is 9.59 Å². The Morgan fingerprint density at radius 3 is 2.20 bits per heavy atom. The van der Waals surface area contributed by atoms with E-state index in [4.69, 9.17) is 14.6 Å². The molecule has 1 unspecified atom stereocenters. The number of halogens is 1. The molecule has 0 bridgehead atoms. The van der Waals surface area contributed by atoms with E-state index in [-0.39, 0.29) is 12.5 Å². The van der Waals surface area contributed by atoms with Crippen LogP contribution < -0.4 is 14.8 Å². The van der Waals surface area contributed by atoms with Crippen LogP contribution in [0.25, 0.3) is 0 Å². The molecule has 1 aromatic carbocycles. The van der Waals surface area contributed by atoms with Gasteiger partial charge in [0.1, 0.15) is 16.0 Å². The highest BCUT2D eigenvalue weighted by molar-refractivity contribution is 9.10. The Labute approximate surface area is 125 Å². The van der Waals surface area contributed by atoms with Crippen LogP contribution in [0.4, 0.5) is 0 Å². The van der Waals surface area contributed by atoms with E-state index in [1.165, 1.54) is 21.1 Å². The van der Waals surface area contributed by atoms with E-state index in [1.807, 2.05) is 0 Å². The minimum Gasteiger partial charge on any atom is -0.495 e. The highest BCUT2D eigenvalue weighted by Crippen LogP contribution is 2.35. The number of amides is 1. The number of benzene rings is 1. The van der Waals surface area contributed by atoms with Crippen LogP contribution in [0.2, 0.25) is 0 Å². The second-order valence-electron chi connectivity index (χ2n) is 4.14. The van der Waals surface area contributed by atoms with Crippen molar-refractivity contribution in [2.75, 3.05) is 20.8 Å². The first-order valence-corrected chi connectivity index (χ1v) is 6.62. The van der Waals surface area contributed by atoms with Gasteiger partial charge in [-0.15, -0.1) is 0 Å². The second kappa shape index (κ2) is 7.14. The number of carbonyl (C=O) groups excluding carboxylic acids is 1. The Hall–Kier alpha value is -1.76. The number of carboxylic acids is 1. The zero-order valence-electron chi connectivity index (χ0n) is 11.4. The van der Waals surface area contributed by atoms with E-state index < -0.39 is 11.9 Å². The quantitative estimate of drug-likeness (QED) is 0.822. The molecule has 1 amide bonds. The molecule has 0 aliphatic heterocycles. The summed E-state index contributed by atoms with van der Waals surface area (Å²) in [5.41, 5.74) is 0.333. The first kappa shape index (κ1) is 16.3. The molecule has 20 heavy (non-hydrogen) atoms. The summed E-state index contributed by atoms with van der Waals surface area (Å²) in [6, 6.07) is 3.10. The van der Waals surface area contributed by atoms with Gasteiger partial charge in [0, 0.05) is 12.1 Å². The minimum absolute atomic E-state index is 0.0505. The third-order valence-corrected chi connectivity index (χ3v) is 3.48. The number of carbonyl (C=O) groups is 2. The van der Waals surface area contributed by atoms with Crippen molar-refractivity contribution < 1.29 is 24.2 Å². The molecule has 0 aliphatic rings. The van der Waals surface area contributed by atoms with Crippen molar-refractivity contribution in [3.8, 4) is 11.5 Å². The summed E-state index contributed by atoms with van der Waals surface area (Å²) in [4.78, 5) is 22.7. The number of ether oxygens (including phenoxy) is 2. The Balaban J connectivity index is 2.90. The maximum Gasteiger partial charge on any atom is 0.308 e. The first-order valence-electron chi connectivity index (χ1n) is 5.83. The highest BCUT2D eigenvalue weighted by Gasteiger charge is 2.16. The lowest BCUT2D eigenvalue weighted by Crippen LogP contribution is -2.31. The van der Waals surface area contributed by atoms with Gasteiger partial charge < -0.3 is 19.9 Å². The Morgan fingerprint density at radius 2 is 1.80 bits per heavy atom. The highest BCUT2D eigenvalue weighted by atomic mass is 79.9. The van der Waals surface area contributed by atoms with Crippen molar-refractivity contribution in [2.24, 2.45) is 5.92 Å². The van der Waals surface area contributed by atoms with Gasteiger partial charge >= 0.3 is 5.97 Å².